The lowest BCUT2D eigenvalue weighted by Crippen LogP contribution is -2.18. The van der Waals surface area contributed by atoms with Crippen molar-refractivity contribution in [1.29, 1.82) is 0 Å². The lowest BCUT2D eigenvalue weighted by Gasteiger charge is -2.10. The normalized spacial score (nSPS) is 10.2. The van der Waals surface area contributed by atoms with E-state index in [1.807, 2.05) is 30.3 Å². The zero-order valence-electron chi connectivity index (χ0n) is 15.2. The van der Waals surface area contributed by atoms with Crippen LogP contribution in [0, 0.1) is 0 Å². The number of carbonyl (C=O) groups is 3. The van der Waals surface area contributed by atoms with E-state index in [9.17, 15) is 19.5 Å². The van der Waals surface area contributed by atoms with Crippen molar-refractivity contribution in [3.8, 4) is 11.5 Å². The minimum Gasteiger partial charge on any atom is -0.507 e. The molecule has 3 aromatic rings. The van der Waals surface area contributed by atoms with Gasteiger partial charge in [0.2, 0.25) is 0 Å². The molecule has 7 heteroatoms. The van der Waals surface area contributed by atoms with Crippen molar-refractivity contribution >= 4 is 23.5 Å². The van der Waals surface area contributed by atoms with Crippen LogP contribution in [-0.2, 0) is 6.42 Å². The molecule has 0 fully saturated rings. The van der Waals surface area contributed by atoms with E-state index in [4.69, 9.17) is 9.84 Å². The zero-order valence-corrected chi connectivity index (χ0v) is 15.2. The van der Waals surface area contributed by atoms with Crippen LogP contribution in [0.4, 0.5) is 10.5 Å². The molecular formula is C22H17NO6. The molecular weight excluding hydrogens is 374 g/mol. The molecule has 146 valence electrons. The largest absolute Gasteiger partial charge is 0.507 e. The second-order valence-electron chi connectivity index (χ2n) is 6.13. The van der Waals surface area contributed by atoms with Crippen LogP contribution >= 0.6 is 0 Å². The molecule has 29 heavy (non-hydrogen) atoms. The van der Waals surface area contributed by atoms with Crippen molar-refractivity contribution in [1.82, 2.24) is 0 Å². The van der Waals surface area contributed by atoms with Crippen LogP contribution in [0.1, 0.15) is 26.3 Å². The summed E-state index contributed by atoms with van der Waals surface area (Å²) >= 11 is 0. The first-order valence-corrected chi connectivity index (χ1v) is 8.65. The number of benzene rings is 3. The summed E-state index contributed by atoms with van der Waals surface area (Å²) in [6.07, 6.45) is -0.668. The minimum atomic E-state index is -1.39. The summed E-state index contributed by atoms with van der Waals surface area (Å²) < 4.78 is 5.11. The highest BCUT2D eigenvalue weighted by molar-refractivity contribution is 6.01. The van der Waals surface area contributed by atoms with Crippen LogP contribution in [0.15, 0.2) is 72.8 Å². The molecule has 0 aliphatic carbocycles. The quantitative estimate of drug-likeness (QED) is 0.545. The summed E-state index contributed by atoms with van der Waals surface area (Å²) in [5.41, 5.74) is 0.837. The predicted octanol–water partition coefficient (Wildman–Crippen LogP) is 4.13. The number of phenols is 1. The Labute approximate surface area is 166 Å². The lowest BCUT2D eigenvalue weighted by molar-refractivity contribution is 0.0694. The average molecular weight is 391 g/mol. The average Bonchev–Trinajstić information content (AvgIpc) is 2.69. The zero-order chi connectivity index (χ0) is 20.8. The van der Waals surface area contributed by atoms with Gasteiger partial charge in [-0.25, -0.2) is 9.59 Å². The van der Waals surface area contributed by atoms with Gasteiger partial charge in [0.15, 0.2) is 5.78 Å². The minimum absolute atomic E-state index is 0.0712. The Bertz CT molecular complexity index is 1040. The summed E-state index contributed by atoms with van der Waals surface area (Å²) in [4.78, 5) is 35.6. The summed E-state index contributed by atoms with van der Waals surface area (Å²) in [5.74, 6) is -1.76. The maximum Gasteiger partial charge on any atom is 0.417 e. The van der Waals surface area contributed by atoms with Crippen LogP contribution in [0.25, 0.3) is 0 Å². The van der Waals surface area contributed by atoms with E-state index in [0.29, 0.717) is 5.56 Å². The number of aromatic carboxylic acids is 1. The van der Waals surface area contributed by atoms with Crippen molar-refractivity contribution in [2.45, 2.75) is 6.42 Å². The number of rotatable bonds is 6. The summed E-state index contributed by atoms with van der Waals surface area (Å²) in [5, 5.41) is 21.1. The number of anilines is 1. The van der Waals surface area contributed by atoms with E-state index in [1.165, 1.54) is 30.3 Å². The van der Waals surface area contributed by atoms with Gasteiger partial charge in [0.1, 0.15) is 17.1 Å². The highest BCUT2D eigenvalue weighted by Gasteiger charge is 2.17. The van der Waals surface area contributed by atoms with Crippen molar-refractivity contribution in [3.63, 3.8) is 0 Å². The lowest BCUT2D eigenvalue weighted by atomic mass is 10.0. The van der Waals surface area contributed by atoms with Gasteiger partial charge in [0, 0.05) is 12.0 Å². The van der Waals surface area contributed by atoms with Crippen LogP contribution in [0.5, 0.6) is 11.5 Å². The van der Waals surface area contributed by atoms with Crippen molar-refractivity contribution in [2.24, 2.45) is 0 Å². The third kappa shape index (κ3) is 4.98. The number of aromatic hydroxyl groups is 1. The molecule has 0 bridgehead atoms. The molecule has 7 nitrogen and oxygen atoms in total. The van der Waals surface area contributed by atoms with Crippen LogP contribution in [0.3, 0.4) is 0 Å². The van der Waals surface area contributed by atoms with Gasteiger partial charge in [0.25, 0.3) is 0 Å². The Kier molecular flexibility index (Phi) is 5.89. The monoisotopic (exact) mass is 391 g/mol. The van der Waals surface area contributed by atoms with Crippen molar-refractivity contribution < 1.29 is 29.3 Å². The summed E-state index contributed by atoms with van der Waals surface area (Å²) in [6.45, 7) is 0. The van der Waals surface area contributed by atoms with Gasteiger partial charge in [-0.1, -0.05) is 36.4 Å². The first-order chi connectivity index (χ1) is 13.9. The van der Waals surface area contributed by atoms with Gasteiger partial charge in [0.05, 0.1) is 5.69 Å². The van der Waals surface area contributed by atoms with Gasteiger partial charge >= 0.3 is 12.1 Å². The van der Waals surface area contributed by atoms with E-state index in [2.05, 4.69) is 5.32 Å². The second kappa shape index (κ2) is 8.71. The van der Waals surface area contributed by atoms with E-state index in [1.54, 1.807) is 12.1 Å². The number of hydrogen-bond acceptors (Lipinski definition) is 5. The molecule has 3 aromatic carbocycles. The number of amides is 1. The number of Topliss-reactive ketones (excluding diaryl/α,β-unsaturated/α-hetero) is 1. The summed E-state index contributed by atoms with van der Waals surface area (Å²) in [7, 11) is 0. The van der Waals surface area contributed by atoms with Gasteiger partial charge in [-0.3, -0.25) is 10.1 Å². The molecule has 0 saturated carbocycles. The molecule has 0 spiro atoms. The van der Waals surface area contributed by atoms with E-state index >= 15 is 0 Å². The third-order valence-corrected chi connectivity index (χ3v) is 4.09. The first kappa shape index (κ1) is 19.6. The topological polar surface area (TPSA) is 113 Å². The van der Waals surface area contributed by atoms with E-state index < -0.39 is 23.4 Å². The fourth-order valence-electron chi connectivity index (χ4n) is 2.70. The molecule has 1 amide bonds. The Morgan fingerprint density at radius 1 is 0.862 bits per heavy atom. The molecule has 0 radical (unpaired) electrons. The molecule has 0 saturated heterocycles. The number of hydrogen-bond donors (Lipinski definition) is 3. The number of nitrogens with one attached hydrogen (secondary N) is 1. The van der Waals surface area contributed by atoms with E-state index in [0.717, 1.165) is 5.56 Å². The Hall–Kier alpha value is -4.13. The number of ether oxygens (including phenoxy) is 1. The van der Waals surface area contributed by atoms with E-state index in [-0.39, 0.29) is 23.6 Å². The fraction of sp³-hybridized carbons (Fsp3) is 0.0455. The molecule has 0 unspecified atom stereocenters. The number of ketones is 1. The Balaban J connectivity index is 1.64. The Morgan fingerprint density at radius 3 is 2.21 bits per heavy atom. The maximum atomic E-state index is 12.3. The van der Waals surface area contributed by atoms with Gasteiger partial charge in [-0.15, -0.1) is 0 Å². The molecule has 0 heterocycles. The smallest absolute Gasteiger partial charge is 0.417 e. The molecule has 0 atom stereocenters. The first-order valence-electron chi connectivity index (χ1n) is 8.65. The van der Waals surface area contributed by atoms with Gasteiger partial charge in [-0.2, -0.15) is 0 Å². The fourth-order valence-corrected chi connectivity index (χ4v) is 2.70. The molecule has 0 aliphatic rings. The number of carbonyl (C=O) groups excluding carboxylic acids is 2. The molecule has 3 N–H and O–H groups in total. The van der Waals surface area contributed by atoms with Gasteiger partial charge < -0.3 is 14.9 Å². The Morgan fingerprint density at radius 2 is 1.55 bits per heavy atom. The number of carboxylic acid groups (broad SMARTS) is 1. The molecule has 3 rings (SSSR count). The summed E-state index contributed by atoms with van der Waals surface area (Å²) in [6, 6.07) is 19.3. The van der Waals surface area contributed by atoms with Gasteiger partial charge in [-0.05, 0) is 42.0 Å². The number of carboxylic acids is 1. The van der Waals surface area contributed by atoms with Crippen LogP contribution in [0.2, 0.25) is 0 Å². The molecule has 0 aliphatic heterocycles. The highest BCUT2D eigenvalue weighted by Crippen LogP contribution is 2.25. The predicted molar refractivity (Wildman–Crippen MR) is 106 cm³/mol. The third-order valence-electron chi connectivity index (χ3n) is 4.09. The SMILES string of the molecule is O=C(Nc1cccc(O)c1C(=O)O)Oc1ccc(C(=O)Cc2ccccc2)cc1. The standard InChI is InChI=1S/C22H17NO6/c24-18-8-4-7-17(20(18)21(26)27)23-22(28)29-16-11-9-15(10-12-16)19(25)13-14-5-2-1-3-6-14/h1-12,24H,13H2,(H,23,28)(H,26,27). The highest BCUT2D eigenvalue weighted by atomic mass is 16.6. The van der Waals surface area contributed by atoms with Crippen LogP contribution < -0.4 is 10.1 Å². The molecule has 0 aromatic heterocycles. The maximum absolute atomic E-state index is 12.3. The van der Waals surface area contributed by atoms with Crippen molar-refractivity contribution in [2.75, 3.05) is 5.32 Å². The second-order valence-corrected chi connectivity index (χ2v) is 6.13. The van der Waals surface area contributed by atoms with Crippen LogP contribution in [-0.4, -0.2) is 28.1 Å². The van der Waals surface area contributed by atoms with Crippen molar-refractivity contribution in [3.05, 3.63) is 89.5 Å².